The third kappa shape index (κ3) is 6.47. The van der Waals surface area contributed by atoms with Gasteiger partial charge in [0.25, 0.3) is 5.91 Å². The number of anilines is 2. The molecule has 258 valence electrons. The topological polar surface area (TPSA) is 152 Å². The van der Waals surface area contributed by atoms with Gasteiger partial charge in [-0.15, -0.1) is 0 Å². The number of fused-ring (bicyclic) bond motifs is 3. The second-order valence-electron chi connectivity index (χ2n) is 12.9. The van der Waals surface area contributed by atoms with Gasteiger partial charge in [-0.2, -0.15) is 0 Å². The normalized spacial score (nSPS) is 22.1. The van der Waals surface area contributed by atoms with Crippen molar-refractivity contribution in [1.29, 1.82) is 0 Å². The molecule has 0 bridgehead atoms. The zero-order valence-corrected chi connectivity index (χ0v) is 28.3. The molecule has 0 radical (unpaired) electrons. The maximum absolute atomic E-state index is 16.1. The van der Waals surface area contributed by atoms with E-state index in [2.05, 4.69) is 21.3 Å². The van der Waals surface area contributed by atoms with E-state index in [1.807, 2.05) is 6.07 Å². The highest BCUT2D eigenvalue weighted by Gasteiger charge is 2.72. The van der Waals surface area contributed by atoms with Crippen LogP contribution in [0.2, 0.25) is 10.0 Å². The molecule has 6 rings (SSSR count). The minimum Gasteiger partial charge on any atom is -0.450 e. The zero-order chi connectivity index (χ0) is 34.8. The fourth-order valence-electron chi connectivity index (χ4n) is 8.02. The highest BCUT2D eigenvalue weighted by atomic mass is 35.5. The van der Waals surface area contributed by atoms with Gasteiger partial charge in [-0.3, -0.25) is 19.7 Å². The third-order valence-corrected chi connectivity index (χ3v) is 10.6. The Hall–Kier alpha value is -4.19. The van der Waals surface area contributed by atoms with Crippen molar-refractivity contribution >= 4 is 58.4 Å². The van der Waals surface area contributed by atoms with Crippen LogP contribution in [0.3, 0.4) is 0 Å². The molecule has 10 nitrogen and oxygen atoms in total. The molecule has 3 aliphatic rings. The second-order valence-corrected chi connectivity index (χ2v) is 13.7. The minimum absolute atomic E-state index is 0.0999. The lowest BCUT2D eigenvalue weighted by molar-refractivity contribution is -0.124. The SMILES string of the molecule is NC(=O)OCCCCCNC(=O)c1ccc(NC(=O)[C@@H]2NC3(CCCCC3)[C@@]3(C(=O)Nc4cc(Cl)ccc43)[C@H]2c2cccc(Cl)c2F)cc1. The fourth-order valence-corrected chi connectivity index (χ4v) is 8.38. The van der Waals surface area contributed by atoms with Crippen LogP contribution in [0.25, 0.3) is 0 Å². The number of carbonyl (C=O) groups is 4. The van der Waals surface area contributed by atoms with E-state index in [0.29, 0.717) is 59.8 Å². The number of hydrogen-bond donors (Lipinski definition) is 5. The molecule has 1 saturated carbocycles. The first-order valence-corrected chi connectivity index (χ1v) is 17.3. The number of hydrogen-bond acceptors (Lipinski definition) is 6. The summed E-state index contributed by atoms with van der Waals surface area (Å²) in [6.45, 7) is 0.675. The quantitative estimate of drug-likeness (QED) is 0.153. The van der Waals surface area contributed by atoms with Gasteiger partial charge in [-0.25, -0.2) is 9.18 Å². The summed E-state index contributed by atoms with van der Waals surface area (Å²) in [7, 11) is 0. The largest absolute Gasteiger partial charge is 0.450 e. The number of rotatable bonds is 10. The molecule has 49 heavy (non-hydrogen) atoms. The number of nitrogens with one attached hydrogen (secondary N) is 4. The predicted molar refractivity (Wildman–Crippen MR) is 185 cm³/mol. The Morgan fingerprint density at radius 2 is 1.73 bits per heavy atom. The fraction of sp³-hybridized carbons (Fsp3) is 0.389. The zero-order valence-electron chi connectivity index (χ0n) is 26.8. The minimum atomic E-state index is -1.34. The second kappa shape index (κ2) is 14.3. The monoisotopic (exact) mass is 709 g/mol. The average Bonchev–Trinajstić information content (AvgIpc) is 3.53. The van der Waals surface area contributed by atoms with Gasteiger partial charge in [-0.05, 0) is 85.7 Å². The van der Waals surface area contributed by atoms with Crippen molar-refractivity contribution in [2.45, 2.75) is 74.3 Å². The maximum atomic E-state index is 16.1. The molecule has 2 heterocycles. The smallest absolute Gasteiger partial charge is 0.404 e. The van der Waals surface area contributed by atoms with Gasteiger partial charge in [-0.1, -0.05) is 60.7 Å². The molecule has 13 heteroatoms. The molecular formula is C36H38Cl2FN5O5. The van der Waals surface area contributed by atoms with Crippen molar-refractivity contribution in [2.24, 2.45) is 5.73 Å². The van der Waals surface area contributed by atoms with E-state index in [4.69, 9.17) is 33.7 Å². The van der Waals surface area contributed by atoms with E-state index < -0.39 is 40.7 Å². The van der Waals surface area contributed by atoms with Crippen LogP contribution in [0, 0.1) is 5.82 Å². The first-order valence-electron chi connectivity index (χ1n) is 16.5. The number of halogens is 3. The van der Waals surface area contributed by atoms with Crippen LogP contribution < -0.4 is 27.0 Å². The van der Waals surface area contributed by atoms with Crippen LogP contribution in [0.15, 0.2) is 60.7 Å². The lowest BCUT2D eigenvalue weighted by Crippen LogP contribution is -2.60. The first-order chi connectivity index (χ1) is 23.6. The average molecular weight is 711 g/mol. The summed E-state index contributed by atoms with van der Waals surface area (Å²) >= 11 is 12.7. The molecule has 0 aromatic heterocycles. The van der Waals surface area contributed by atoms with Crippen LogP contribution in [0.1, 0.15) is 78.8 Å². The number of carbonyl (C=O) groups excluding carboxylic acids is 4. The molecule has 1 aliphatic carbocycles. The molecule has 0 unspecified atom stereocenters. The van der Waals surface area contributed by atoms with Crippen molar-refractivity contribution in [1.82, 2.24) is 10.6 Å². The molecule has 2 spiro atoms. The molecular weight excluding hydrogens is 672 g/mol. The molecule has 2 fully saturated rings. The summed E-state index contributed by atoms with van der Waals surface area (Å²) < 4.78 is 20.8. The van der Waals surface area contributed by atoms with Crippen LogP contribution in [0.4, 0.5) is 20.6 Å². The van der Waals surface area contributed by atoms with E-state index in [0.717, 1.165) is 25.7 Å². The van der Waals surface area contributed by atoms with Crippen molar-refractivity contribution < 1.29 is 28.3 Å². The molecule has 3 atom stereocenters. The Bertz CT molecular complexity index is 1770. The lowest BCUT2D eigenvalue weighted by Gasteiger charge is -2.47. The van der Waals surface area contributed by atoms with Crippen LogP contribution in [0.5, 0.6) is 0 Å². The molecule has 1 saturated heterocycles. The summed E-state index contributed by atoms with van der Waals surface area (Å²) in [5, 5.41) is 12.8. The maximum Gasteiger partial charge on any atom is 0.404 e. The molecule has 3 aromatic carbocycles. The van der Waals surface area contributed by atoms with E-state index in [9.17, 15) is 19.2 Å². The van der Waals surface area contributed by atoms with Crippen LogP contribution >= 0.6 is 23.2 Å². The van der Waals surface area contributed by atoms with E-state index in [1.54, 1.807) is 48.5 Å². The summed E-state index contributed by atoms with van der Waals surface area (Å²) in [6, 6.07) is 15.4. The number of unbranched alkanes of at least 4 members (excludes halogenated alkanes) is 2. The molecule has 2 aliphatic heterocycles. The Balaban J connectivity index is 1.27. The Kier molecular flexibility index (Phi) is 10.1. The molecule has 6 N–H and O–H groups in total. The number of ether oxygens (including phenoxy) is 1. The van der Waals surface area contributed by atoms with Gasteiger partial charge in [0.2, 0.25) is 11.8 Å². The summed E-state index contributed by atoms with van der Waals surface area (Å²) in [5.41, 5.74) is 4.99. The number of nitrogens with two attached hydrogens (primary N) is 1. The highest BCUT2D eigenvalue weighted by Crippen LogP contribution is 2.62. The van der Waals surface area contributed by atoms with Gasteiger partial charge in [0.1, 0.15) is 11.2 Å². The summed E-state index contributed by atoms with van der Waals surface area (Å²) in [4.78, 5) is 52.2. The van der Waals surface area contributed by atoms with Crippen LogP contribution in [-0.2, 0) is 19.7 Å². The Labute approximate surface area is 293 Å². The standard InChI is InChI=1S/C36H38Cl2FN5O5/c37-22-12-15-25-27(20-22)43-33(47)36(25)28(24-8-7-9-26(38)29(24)39)30(44-35(36)16-3-1-4-17-35)32(46)42-23-13-10-21(11-14-23)31(45)41-18-5-2-6-19-49-34(40)48/h7-15,20,28,30,44H,1-6,16-19H2,(H2,40,48)(H,41,45)(H,42,46)(H,43,47)/t28-,30+,36+/m0/s1. The first kappa shape index (κ1) is 34.7. The lowest BCUT2D eigenvalue weighted by atomic mass is 9.55. The van der Waals surface area contributed by atoms with Gasteiger partial charge >= 0.3 is 6.09 Å². The van der Waals surface area contributed by atoms with Gasteiger partial charge < -0.3 is 26.4 Å². The molecule has 3 aromatic rings. The van der Waals surface area contributed by atoms with Gasteiger partial charge in [0.15, 0.2) is 0 Å². The number of primary amides is 1. The third-order valence-electron chi connectivity index (χ3n) is 10.1. The van der Waals surface area contributed by atoms with Crippen molar-refractivity contribution in [3.8, 4) is 0 Å². The van der Waals surface area contributed by atoms with Crippen molar-refractivity contribution in [3.05, 3.63) is 93.2 Å². The Morgan fingerprint density at radius 3 is 2.47 bits per heavy atom. The summed E-state index contributed by atoms with van der Waals surface area (Å²) in [6.07, 6.45) is 5.13. The Morgan fingerprint density at radius 1 is 0.980 bits per heavy atom. The van der Waals surface area contributed by atoms with Crippen molar-refractivity contribution in [2.75, 3.05) is 23.8 Å². The van der Waals surface area contributed by atoms with E-state index in [-0.39, 0.29) is 29.0 Å². The van der Waals surface area contributed by atoms with Crippen LogP contribution in [-0.4, -0.2) is 48.5 Å². The number of benzene rings is 3. The predicted octanol–water partition coefficient (Wildman–Crippen LogP) is 6.42. The van der Waals surface area contributed by atoms with E-state index in [1.165, 1.54) is 6.07 Å². The highest BCUT2D eigenvalue weighted by molar-refractivity contribution is 6.31. The van der Waals surface area contributed by atoms with Gasteiger partial charge in [0, 0.05) is 40.0 Å². The molecule has 4 amide bonds. The van der Waals surface area contributed by atoms with Crippen molar-refractivity contribution in [3.63, 3.8) is 0 Å². The number of amides is 4. The van der Waals surface area contributed by atoms with E-state index >= 15 is 4.39 Å². The summed E-state index contributed by atoms with van der Waals surface area (Å²) in [5.74, 6) is -2.66. The van der Waals surface area contributed by atoms with Gasteiger partial charge in [0.05, 0.1) is 17.7 Å².